The summed E-state index contributed by atoms with van der Waals surface area (Å²) in [4.78, 5) is 2.11. The Morgan fingerprint density at radius 2 is 2.27 bits per heavy atom. The summed E-state index contributed by atoms with van der Waals surface area (Å²) in [6.45, 7) is 4.61. The van der Waals surface area contributed by atoms with Crippen molar-refractivity contribution in [3.05, 3.63) is 35.5 Å². The molecule has 2 rings (SSSR count). The van der Waals surface area contributed by atoms with E-state index in [-0.39, 0.29) is 12.0 Å². The Labute approximate surface area is 89.9 Å². The van der Waals surface area contributed by atoms with E-state index in [1.807, 2.05) is 19.4 Å². The normalized spacial score (nSPS) is 16.7. The van der Waals surface area contributed by atoms with Crippen LogP contribution in [-0.4, -0.2) is 12.7 Å². The Kier molecular flexibility index (Phi) is 2.65. The molecule has 0 fully saturated rings. The molecule has 0 bridgehead atoms. The Balaban J connectivity index is 2.38. The summed E-state index contributed by atoms with van der Waals surface area (Å²) in [6.07, 6.45) is 2.76. The van der Waals surface area contributed by atoms with Gasteiger partial charge in [0.25, 0.3) is 0 Å². The molecule has 1 aromatic carbocycles. The number of nitrogens with zero attached hydrogens (tertiary/aromatic N) is 1. The van der Waals surface area contributed by atoms with E-state index in [0.717, 1.165) is 24.2 Å². The zero-order valence-corrected chi connectivity index (χ0v) is 9.13. The van der Waals surface area contributed by atoms with Crippen LogP contribution in [0.3, 0.4) is 0 Å². The first-order valence-corrected chi connectivity index (χ1v) is 5.24. The van der Waals surface area contributed by atoms with E-state index in [0.29, 0.717) is 5.56 Å². The standard InChI is InChI=1S/C12H16FN2/c1-3-12(14)15-5-4-9-7-10(13)8(2)6-11(9)15/h3,6-7,12H,4-5,14H2,1-2H3. The van der Waals surface area contributed by atoms with E-state index in [9.17, 15) is 4.39 Å². The zero-order chi connectivity index (χ0) is 11.0. The molecule has 1 radical (unpaired) electrons. The second-order valence-corrected chi connectivity index (χ2v) is 4.00. The lowest BCUT2D eigenvalue weighted by Gasteiger charge is -2.26. The summed E-state index contributed by atoms with van der Waals surface area (Å²) in [6, 6.07) is 3.52. The second kappa shape index (κ2) is 3.81. The van der Waals surface area contributed by atoms with Gasteiger partial charge in [0.1, 0.15) is 5.82 Å². The molecule has 0 amide bonds. The molecule has 15 heavy (non-hydrogen) atoms. The van der Waals surface area contributed by atoms with Crippen LogP contribution in [0.1, 0.15) is 18.1 Å². The molecule has 0 aromatic heterocycles. The van der Waals surface area contributed by atoms with Crippen LogP contribution in [0.5, 0.6) is 0 Å². The van der Waals surface area contributed by atoms with Crippen molar-refractivity contribution in [3.63, 3.8) is 0 Å². The summed E-state index contributed by atoms with van der Waals surface area (Å²) in [5.74, 6) is -0.121. The number of rotatable bonds is 2. The van der Waals surface area contributed by atoms with Crippen molar-refractivity contribution in [2.45, 2.75) is 26.4 Å². The first-order chi connectivity index (χ1) is 7.13. The van der Waals surface area contributed by atoms with Crippen LogP contribution in [-0.2, 0) is 6.42 Å². The van der Waals surface area contributed by atoms with Crippen LogP contribution in [0.4, 0.5) is 10.1 Å². The van der Waals surface area contributed by atoms with Gasteiger partial charge >= 0.3 is 0 Å². The summed E-state index contributed by atoms with van der Waals surface area (Å²) in [5.41, 5.74) is 8.79. The van der Waals surface area contributed by atoms with Crippen molar-refractivity contribution in [1.29, 1.82) is 0 Å². The fourth-order valence-corrected chi connectivity index (χ4v) is 2.03. The van der Waals surface area contributed by atoms with E-state index in [1.54, 1.807) is 13.0 Å². The van der Waals surface area contributed by atoms with Gasteiger partial charge in [-0.15, -0.1) is 0 Å². The number of aryl methyl sites for hydroxylation is 1. The predicted molar refractivity (Wildman–Crippen MR) is 60.1 cm³/mol. The summed E-state index contributed by atoms with van der Waals surface area (Å²) < 4.78 is 13.3. The maximum atomic E-state index is 13.3. The molecule has 3 heteroatoms. The Morgan fingerprint density at radius 3 is 2.93 bits per heavy atom. The van der Waals surface area contributed by atoms with Gasteiger partial charge in [-0.25, -0.2) is 4.39 Å². The van der Waals surface area contributed by atoms with Crippen molar-refractivity contribution in [2.24, 2.45) is 5.73 Å². The van der Waals surface area contributed by atoms with E-state index in [2.05, 4.69) is 4.90 Å². The number of anilines is 1. The van der Waals surface area contributed by atoms with Gasteiger partial charge in [-0.05, 0) is 43.0 Å². The third kappa shape index (κ3) is 1.72. The molecule has 0 saturated carbocycles. The van der Waals surface area contributed by atoms with Crippen molar-refractivity contribution < 1.29 is 4.39 Å². The van der Waals surface area contributed by atoms with Crippen LogP contribution in [0.15, 0.2) is 12.1 Å². The third-order valence-corrected chi connectivity index (χ3v) is 2.99. The van der Waals surface area contributed by atoms with Gasteiger partial charge in [0, 0.05) is 12.2 Å². The highest BCUT2D eigenvalue weighted by Gasteiger charge is 2.23. The lowest BCUT2D eigenvalue weighted by molar-refractivity contribution is 0.617. The second-order valence-electron chi connectivity index (χ2n) is 4.00. The van der Waals surface area contributed by atoms with Gasteiger partial charge in [0.2, 0.25) is 0 Å². The van der Waals surface area contributed by atoms with Gasteiger partial charge in [-0.2, -0.15) is 0 Å². The van der Waals surface area contributed by atoms with Crippen molar-refractivity contribution in [2.75, 3.05) is 11.4 Å². The van der Waals surface area contributed by atoms with Crippen molar-refractivity contribution in [3.8, 4) is 0 Å². The first kappa shape index (κ1) is 10.4. The van der Waals surface area contributed by atoms with E-state index >= 15 is 0 Å². The van der Waals surface area contributed by atoms with E-state index < -0.39 is 0 Å². The molecular formula is C12H16FN2. The van der Waals surface area contributed by atoms with Crippen molar-refractivity contribution in [1.82, 2.24) is 0 Å². The molecule has 2 N–H and O–H groups in total. The van der Waals surface area contributed by atoms with Gasteiger partial charge < -0.3 is 10.6 Å². The molecule has 81 valence electrons. The molecule has 0 spiro atoms. The quantitative estimate of drug-likeness (QED) is 0.803. The molecule has 1 unspecified atom stereocenters. The number of fused-ring (bicyclic) bond motifs is 1. The minimum Gasteiger partial charge on any atom is -0.355 e. The maximum Gasteiger partial charge on any atom is 0.126 e. The average Bonchev–Trinajstić information content (AvgIpc) is 2.61. The molecular weight excluding hydrogens is 191 g/mol. The van der Waals surface area contributed by atoms with Gasteiger partial charge in [-0.1, -0.05) is 6.92 Å². The summed E-state index contributed by atoms with van der Waals surface area (Å²) in [7, 11) is 0. The molecule has 1 atom stereocenters. The Morgan fingerprint density at radius 1 is 1.53 bits per heavy atom. The topological polar surface area (TPSA) is 29.3 Å². The van der Waals surface area contributed by atoms with Gasteiger partial charge in [-0.3, -0.25) is 0 Å². The first-order valence-electron chi connectivity index (χ1n) is 5.24. The Bertz CT molecular complexity index is 376. The smallest absolute Gasteiger partial charge is 0.126 e. The lowest BCUT2D eigenvalue weighted by Crippen LogP contribution is -2.40. The predicted octanol–water partition coefficient (Wildman–Crippen LogP) is 2.01. The number of nitrogens with two attached hydrogens (primary N) is 1. The molecule has 1 aromatic rings. The van der Waals surface area contributed by atoms with Gasteiger partial charge in [0.15, 0.2) is 0 Å². The monoisotopic (exact) mass is 207 g/mol. The van der Waals surface area contributed by atoms with Crippen LogP contribution < -0.4 is 10.6 Å². The number of hydrogen-bond donors (Lipinski definition) is 1. The van der Waals surface area contributed by atoms with Crippen molar-refractivity contribution >= 4 is 5.69 Å². The van der Waals surface area contributed by atoms with Gasteiger partial charge in [0.05, 0.1) is 6.17 Å². The van der Waals surface area contributed by atoms with Crippen LogP contribution >= 0.6 is 0 Å². The highest BCUT2D eigenvalue weighted by atomic mass is 19.1. The lowest BCUT2D eigenvalue weighted by atomic mass is 10.1. The molecule has 1 aliphatic heterocycles. The van der Waals surface area contributed by atoms with Crippen LogP contribution in [0, 0.1) is 19.2 Å². The fourth-order valence-electron chi connectivity index (χ4n) is 2.03. The zero-order valence-electron chi connectivity index (χ0n) is 9.13. The number of hydrogen-bond acceptors (Lipinski definition) is 2. The Hall–Kier alpha value is -1.09. The SMILES string of the molecule is C[CH]C(N)N1CCc2cc(F)c(C)cc21. The largest absolute Gasteiger partial charge is 0.355 e. The van der Waals surface area contributed by atoms with E-state index in [4.69, 9.17) is 5.73 Å². The average molecular weight is 207 g/mol. The highest BCUT2D eigenvalue weighted by molar-refractivity contribution is 5.60. The van der Waals surface area contributed by atoms with Crippen LogP contribution in [0.25, 0.3) is 0 Å². The van der Waals surface area contributed by atoms with E-state index in [1.165, 1.54) is 0 Å². The molecule has 0 aliphatic carbocycles. The maximum absolute atomic E-state index is 13.3. The molecule has 1 aliphatic rings. The summed E-state index contributed by atoms with van der Waals surface area (Å²) >= 11 is 0. The number of halogens is 1. The molecule has 1 heterocycles. The van der Waals surface area contributed by atoms with Crippen LogP contribution in [0.2, 0.25) is 0 Å². The fraction of sp³-hybridized carbons (Fsp3) is 0.417. The number of benzene rings is 1. The molecule has 2 nitrogen and oxygen atoms in total. The molecule has 0 saturated heterocycles. The highest BCUT2D eigenvalue weighted by Crippen LogP contribution is 2.31. The third-order valence-electron chi connectivity index (χ3n) is 2.99. The minimum absolute atomic E-state index is 0.0730. The minimum atomic E-state index is -0.121. The summed E-state index contributed by atoms with van der Waals surface area (Å²) in [5, 5.41) is 0.